The lowest BCUT2D eigenvalue weighted by atomic mass is 9.76. The van der Waals surface area contributed by atoms with Crippen LogP contribution in [0.5, 0.6) is 0 Å². The van der Waals surface area contributed by atoms with Gasteiger partial charge in [-0.15, -0.1) is 0 Å². The van der Waals surface area contributed by atoms with Crippen LogP contribution in [0.3, 0.4) is 0 Å². The average Bonchev–Trinajstić information content (AvgIpc) is 2.64. The van der Waals surface area contributed by atoms with Crippen molar-refractivity contribution in [1.82, 2.24) is 4.90 Å². The maximum atomic E-state index is 2.65. The van der Waals surface area contributed by atoms with E-state index in [1.54, 1.807) is 0 Å². The Bertz CT molecular complexity index is 190. The number of rotatable bonds is 1. The number of likely N-dealkylation sites (tertiary alicyclic amines) is 1. The van der Waals surface area contributed by atoms with Crippen LogP contribution in [-0.4, -0.2) is 24.0 Å². The molecule has 0 aromatic carbocycles. The summed E-state index contributed by atoms with van der Waals surface area (Å²) < 4.78 is 0. The molecule has 0 aromatic rings. The minimum Gasteiger partial charge on any atom is -0.301 e. The van der Waals surface area contributed by atoms with Crippen LogP contribution in [0.25, 0.3) is 0 Å². The summed E-state index contributed by atoms with van der Waals surface area (Å²) in [6.07, 6.45) is 7.45. The predicted molar refractivity (Wildman–Crippen MR) is 72.7 cm³/mol. The SMILES string of the molecule is CC.CC1CCC2(CCN(C(C)C)CC2)C1. The van der Waals surface area contributed by atoms with Gasteiger partial charge in [-0.05, 0) is 64.0 Å². The second-order valence-corrected chi connectivity index (χ2v) is 5.98. The lowest BCUT2D eigenvalue weighted by Crippen LogP contribution is -2.42. The van der Waals surface area contributed by atoms with Crippen molar-refractivity contribution in [1.29, 1.82) is 0 Å². The number of hydrogen-bond donors (Lipinski definition) is 0. The van der Waals surface area contributed by atoms with Crippen LogP contribution >= 0.6 is 0 Å². The molecule has 1 aliphatic heterocycles. The minimum atomic E-state index is 0.756. The third kappa shape index (κ3) is 3.23. The van der Waals surface area contributed by atoms with Crippen LogP contribution in [0.2, 0.25) is 0 Å². The molecule has 1 saturated heterocycles. The first-order valence-corrected chi connectivity index (χ1v) is 7.35. The van der Waals surface area contributed by atoms with E-state index in [2.05, 4.69) is 25.7 Å². The number of piperidine rings is 1. The molecule has 1 nitrogen and oxygen atoms in total. The van der Waals surface area contributed by atoms with Gasteiger partial charge in [0.1, 0.15) is 0 Å². The van der Waals surface area contributed by atoms with Gasteiger partial charge in [-0.2, -0.15) is 0 Å². The quantitative estimate of drug-likeness (QED) is 0.642. The summed E-state index contributed by atoms with van der Waals surface area (Å²) in [6.45, 7) is 13.8. The number of nitrogens with zero attached hydrogens (tertiary/aromatic N) is 1. The number of hydrogen-bond acceptors (Lipinski definition) is 1. The summed E-state index contributed by atoms with van der Waals surface area (Å²) >= 11 is 0. The zero-order chi connectivity index (χ0) is 12.2. The summed E-state index contributed by atoms with van der Waals surface area (Å²) in [6, 6.07) is 0.756. The fourth-order valence-corrected chi connectivity index (χ4v) is 3.46. The summed E-state index contributed by atoms with van der Waals surface area (Å²) in [5.74, 6) is 1.00. The first kappa shape index (κ1) is 14.0. The molecule has 1 unspecified atom stereocenters. The fourth-order valence-electron chi connectivity index (χ4n) is 3.46. The van der Waals surface area contributed by atoms with Crippen molar-refractivity contribution >= 4 is 0 Å². The van der Waals surface area contributed by atoms with E-state index in [1.807, 2.05) is 13.8 Å². The van der Waals surface area contributed by atoms with E-state index in [4.69, 9.17) is 0 Å². The highest BCUT2D eigenvalue weighted by molar-refractivity contribution is 4.92. The molecule has 1 saturated carbocycles. The van der Waals surface area contributed by atoms with E-state index in [-0.39, 0.29) is 0 Å². The van der Waals surface area contributed by atoms with Gasteiger partial charge in [0.05, 0.1) is 0 Å². The molecule has 1 atom stereocenters. The molecular formula is C15H31N. The van der Waals surface area contributed by atoms with E-state index in [1.165, 1.54) is 45.2 Å². The molecule has 2 fully saturated rings. The van der Waals surface area contributed by atoms with Crippen LogP contribution in [0, 0.1) is 11.3 Å². The Morgan fingerprint density at radius 2 is 1.62 bits per heavy atom. The minimum absolute atomic E-state index is 0.756. The lowest BCUT2D eigenvalue weighted by Gasteiger charge is -2.41. The predicted octanol–water partition coefficient (Wildman–Crippen LogP) is 4.32. The third-order valence-corrected chi connectivity index (χ3v) is 4.54. The highest BCUT2D eigenvalue weighted by atomic mass is 15.2. The summed E-state index contributed by atoms with van der Waals surface area (Å²) in [4.78, 5) is 2.65. The summed E-state index contributed by atoms with van der Waals surface area (Å²) in [7, 11) is 0. The van der Waals surface area contributed by atoms with Crippen molar-refractivity contribution in [3.63, 3.8) is 0 Å². The molecule has 16 heavy (non-hydrogen) atoms. The van der Waals surface area contributed by atoms with E-state index >= 15 is 0 Å². The topological polar surface area (TPSA) is 3.24 Å². The van der Waals surface area contributed by atoms with Crippen molar-refractivity contribution < 1.29 is 0 Å². The Hall–Kier alpha value is -0.0400. The van der Waals surface area contributed by atoms with E-state index in [9.17, 15) is 0 Å². The first-order valence-electron chi connectivity index (χ1n) is 7.35. The fraction of sp³-hybridized carbons (Fsp3) is 1.00. The van der Waals surface area contributed by atoms with Gasteiger partial charge in [-0.1, -0.05) is 27.2 Å². The van der Waals surface area contributed by atoms with Crippen LogP contribution in [0.4, 0.5) is 0 Å². The van der Waals surface area contributed by atoms with Gasteiger partial charge in [-0.3, -0.25) is 0 Å². The lowest BCUT2D eigenvalue weighted by molar-refractivity contribution is 0.0846. The van der Waals surface area contributed by atoms with Crippen LogP contribution in [0.1, 0.15) is 66.7 Å². The Morgan fingerprint density at radius 3 is 2.00 bits per heavy atom. The summed E-state index contributed by atoms with van der Waals surface area (Å²) in [5.41, 5.74) is 0.769. The average molecular weight is 225 g/mol. The Kier molecular flexibility index (Phi) is 5.30. The van der Waals surface area contributed by atoms with E-state index in [0.717, 1.165) is 17.4 Å². The molecule has 96 valence electrons. The first-order chi connectivity index (χ1) is 7.61. The van der Waals surface area contributed by atoms with Crippen LogP contribution < -0.4 is 0 Å². The Labute approximate surface area is 103 Å². The molecule has 1 spiro atoms. The van der Waals surface area contributed by atoms with Gasteiger partial charge in [0.15, 0.2) is 0 Å². The van der Waals surface area contributed by atoms with Gasteiger partial charge < -0.3 is 4.90 Å². The van der Waals surface area contributed by atoms with Gasteiger partial charge in [-0.25, -0.2) is 0 Å². The maximum absolute atomic E-state index is 2.65. The van der Waals surface area contributed by atoms with Crippen molar-refractivity contribution in [2.24, 2.45) is 11.3 Å². The molecule has 0 N–H and O–H groups in total. The highest BCUT2D eigenvalue weighted by Gasteiger charge is 2.39. The third-order valence-electron chi connectivity index (χ3n) is 4.54. The normalized spacial score (nSPS) is 29.2. The highest BCUT2D eigenvalue weighted by Crippen LogP contribution is 2.48. The molecule has 2 aliphatic rings. The van der Waals surface area contributed by atoms with Crippen LogP contribution in [0.15, 0.2) is 0 Å². The van der Waals surface area contributed by atoms with Crippen molar-refractivity contribution in [3.8, 4) is 0 Å². The molecule has 0 aromatic heterocycles. The van der Waals surface area contributed by atoms with Gasteiger partial charge in [0, 0.05) is 6.04 Å². The maximum Gasteiger partial charge on any atom is 0.00385 e. The molecule has 0 bridgehead atoms. The molecule has 0 radical (unpaired) electrons. The monoisotopic (exact) mass is 225 g/mol. The molecule has 0 amide bonds. The van der Waals surface area contributed by atoms with Crippen molar-refractivity contribution in [2.45, 2.75) is 72.8 Å². The summed E-state index contributed by atoms with van der Waals surface area (Å²) in [5, 5.41) is 0. The second kappa shape index (κ2) is 6.05. The van der Waals surface area contributed by atoms with E-state index < -0.39 is 0 Å². The van der Waals surface area contributed by atoms with Gasteiger partial charge >= 0.3 is 0 Å². The second-order valence-electron chi connectivity index (χ2n) is 5.98. The molecular weight excluding hydrogens is 194 g/mol. The molecule has 1 heterocycles. The molecule has 1 aliphatic carbocycles. The smallest absolute Gasteiger partial charge is 0.00385 e. The van der Waals surface area contributed by atoms with Gasteiger partial charge in [0.2, 0.25) is 0 Å². The zero-order valence-corrected chi connectivity index (χ0v) is 12.1. The molecule has 2 rings (SSSR count). The van der Waals surface area contributed by atoms with E-state index in [0.29, 0.717) is 0 Å². The van der Waals surface area contributed by atoms with Gasteiger partial charge in [0.25, 0.3) is 0 Å². The zero-order valence-electron chi connectivity index (χ0n) is 12.1. The van der Waals surface area contributed by atoms with Crippen molar-refractivity contribution in [2.75, 3.05) is 13.1 Å². The standard InChI is InChI=1S/C13H25N.C2H6/c1-11(2)14-8-6-13(7-9-14)5-4-12(3)10-13;1-2/h11-12H,4-10H2,1-3H3;1-2H3. The molecule has 1 heteroatoms. The van der Waals surface area contributed by atoms with Crippen LogP contribution in [-0.2, 0) is 0 Å². The van der Waals surface area contributed by atoms with Crippen molar-refractivity contribution in [3.05, 3.63) is 0 Å². The Balaban J connectivity index is 0.000000606. The Morgan fingerprint density at radius 1 is 1.06 bits per heavy atom. The largest absolute Gasteiger partial charge is 0.301 e.